The first-order chi connectivity index (χ1) is 17.5. The van der Waals surface area contributed by atoms with Gasteiger partial charge in [0.05, 0.1) is 0 Å². The van der Waals surface area contributed by atoms with Crippen LogP contribution in [0.15, 0.2) is 12.1 Å². The first-order valence-electron chi connectivity index (χ1n) is 15.4. The molecular formula is C30H56B2O4. The van der Waals surface area contributed by atoms with Crippen molar-refractivity contribution in [2.24, 2.45) is 0 Å². The van der Waals surface area contributed by atoms with Crippen molar-refractivity contribution in [1.82, 2.24) is 0 Å². The summed E-state index contributed by atoms with van der Waals surface area (Å²) >= 11 is 0. The van der Waals surface area contributed by atoms with Crippen LogP contribution in [-0.2, 0) is 12.8 Å². The quantitative estimate of drug-likeness (QED) is 0.104. The van der Waals surface area contributed by atoms with Crippen molar-refractivity contribution in [2.45, 2.75) is 155 Å². The van der Waals surface area contributed by atoms with Gasteiger partial charge in [0.1, 0.15) is 0 Å². The molecule has 0 radical (unpaired) electrons. The second kappa shape index (κ2) is 22.2. The van der Waals surface area contributed by atoms with Crippen LogP contribution in [0.1, 0.15) is 153 Å². The molecule has 0 fully saturated rings. The van der Waals surface area contributed by atoms with E-state index in [0.29, 0.717) is 22.9 Å². The van der Waals surface area contributed by atoms with Gasteiger partial charge >= 0.3 is 14.2 Å². The third-order valence-corrected chi connectivity index (χ3v) is 7.53. The molecule has 0 aliphatic heterocycles. The Bertz CT molecular complexity index is 623. The SMILES string of the molecule is CCCCCCCCCCCCc1cc(B(O)O)c(CCCCCCCCCCCC)c(B(O)O)c1. The molecule has 0 unspecified atom stereocenters. The molecule has 1 aromatic rings. The van der Waals surface area contributed by atoms with Crippen LogP contribution in [0.3, 0.4) is 0 Å². The molecule has 0 bridgehead atoms. The van der Waals surface area contributed by atoms with E-state index in [1.54, 1.807) is 0 Å². The predicted molar refractivity (Wildman–Crippen MR) is 157 cm³/mol. The molecule has 1 aromatic carbocycles. The van der Waals surface area contributed by atoms with Gasteiger partial charge in [-0.15, -0.1) is 0 Å². The molecule has 36 heavy (non-hydrogen) atoms. The molecule has 206 valence electrons. The summed E-state index contributed by atoms with van der Waals surface area (Å²) in [7, 11) is -3.18. The van der Waals surface area contributed by atoms with Crippen molar-refractivity contribution in [3.05, 3.63) is 23.3 Å². The van der Waals surface area contributed by atoms with E-state index in [0.717, 1.165) is 37.7 Å². The molecule has 0 amide bonds. The third-order valence-electron chi connectivity index (χ3n) is 7.53. The van der Waals surface area contributed by atoms with Gasteiger partial charge in [0.25, 0.3) is 0 Å². The zero-order valence-corrected chi connectivity index (χ0v) is 23.7. The maximum atomic E-state index is 10.0. The smallest absolute Gasteiger partial charge is 0.423 e. The van der Waals surface area contributed by atoms with Crippen LogP contribution in [0.2, 0.25) is 0 Å². The van der Waals surface area contributed by atoms with Crippen molar-refractivity contribution in [3.63, 3.8) is 0 Å². The van der Waals surface area contributed by atoms with Gasteiger partial charge in [-0.05, 0) is 47.7 Å². The van der Waals surface area contributed by atoms with Gasteiger partial charge in [-0.25, -0.2) is 0 Å². The fraction of sp³-hybridized carbons (Fsp3) is 0.800. The lowest BCUT2D eigenvalue weighted by Crippen LogP contribution is -2.43. The van der Waals surface area contributed by atoms with Crippen LogP contribution in [0.5, 0.6) is 0 Å². The van der Waals surface area contributed by atoms with Gasteiger partial charge in [0.15, 0.2) is 0 Å². The molecule has 0 saturated carbocycles. The lowest BCUT2D eigenvalue weighted by atomic mass is 9.66. The molecule has 1 rings (SSSR count). The number of hydrogen-bond acceptors (Lipinski definition) is 4. The Morgan fingerprint density at radius 3 is 1.08 bits per heavy atom. The van der Waals surface area contributed by atoms with Crippen LogP contribution in [0, 0.1) is 0 Å². The van der Waals surface area contributed by atoms with Gasteiger partial charge in [-0.2, -0.15) is 0 Å². The van der Waals surface area contributed by atoms with Crippen molar-refractivity contribution in [1.29, 1.82) is 0 Å². The van der Waals surface area contributed by atoms with Crippen LogP contribution >= 0.6 is 0 Å². The van der Waals surface area contributed by atoms with Crippen molar-refractivity contribution in [2.75, 3.05) is 0 Å². The second-order valence-electron chi connectivity index (χ2n) is 10.9. The average Bonchev–Trinajstić information content (AvgIpc) is 2.86. The molecule has 0 aliphatic rings. The summed E-state index contributed by atoms with van der Waals surface area (Å²) in [5.41, 5.74) is 2.55. The van der Waals surface area contributed by atoms with Gasteiger partial charge in [0, 0.05) is 0 Å². The van der Waals surface area contributed by atoms with Crippen molar-refractivity contribution in [3.8, 4) is 0 Å². The minimum Gasteiger partial charge on any atom is -0.423 e. The summed E-state index contributed by atoms with van der Waals surface area (Å²) in [6, 6.07) is 3.74. The normalized spacial score (nSPS) is 11.3. The fourth-order valence-corrected chi connectivity index (χ4v) is 5.28. The Morgan fingerprint density at radius 2 is 0.750 bits per heavy atom. The topological polar surface area (TPSA) is 80.9 Å². The molecule has 0 aliphatic carbocycles. The highest BCUT2D eigenvalue weighted by Gasteiger charge is 2.24. The lowest BCUT2D eigenvalue weighted by Gasteiger charge is -2.17. The zero-order chi connectivity index (χ0) is 26.4. The molecule has 4 N–H and O–H groups in total. The highest BCUT2D eigenvalue weighted by atomic mass is 16.4. The van der Waals surface area contributed by atoms with E-state index in [2.05, 4.69) is 13.8 Å². The number of unbranched alkanes of at least 4 members (excludes halogenated alkanes) is 18. The van der Waals surface area contributed by atoms with E-state index in [1.807, 2.05) is 12.1 Å². The Kier molecular flexibility index (Phi) is 20.5. The molecule has 0 heterocycles. The zero-order valence-electron chi connectivity index (χ0n) is 23.7. The Morgan fingerprint density at radius 1 is 0.444 bits per heavy atom. The summed E-state index contributed by atoms with van der Waals surface area (Å²) in [4.78, 5) is 0. The van der Waals surface area contributed by atoms with E-state index in [4.69, 9.17) is 0 Å². The highest BCUT2D eigenvalue weighted by Crippen LogP contribution is 2.15. The van der Waals surface area contributed by atoms with Crippen LogP contribution in [0.25, 0.3) is 0 Å². The van der Waals surface area contributed by atoms with Crippen LogP contribution in [0.4, 0.5) is 0 Å². The van der Waals surface area contributed by atoms with E-state index in [9.17, 15) is 20.1 Å². The van der Waals surface area contributed by atoms with Gasteiger partial charge < -0.3 is 20.1 Å². The maximum Gasteiger partial charge on any atom is 0.488 e. The monoisotopic (exact) mass is 502 g/mol. The standard InChI is InChI=1S/C30H56B2O4/c1-3-5-7-9-11-13-15-17-19-21-23-27-25-29(31(33)34)28(30(26-27)32(35)36)24-22-20-18-16-14-12-10-8-6-4-2/h25-26,33-36H,3-24H2,1-2H3. The predicted octanol–water partition coefficient (Wildman–Crippen LogP) is 5.97. The molecule has 6 heteroatoms. The van der Waals surface area contributed by atoms with Crippen LogP contribution in [-0.4, -0.2) is 34.3 Å². The summed E-state index contributed by atoms with van der Waals surface area (Å²) < 4.78 is 0. The Balaban J connectivity index is 2.45. The lowest BCUT2D eigenvalue weighted by molar-refractivity contribution is 0.424. The molecule has 0 aromatic heterocycles. The minimum absolute atomic E-state index is 0.443. The maximum absolute atomic E-state index is 10.0. The van der Waals surface area contributed by atoms with Crippen molar-refractivity contribution < 1.29 is 20.1 Å². The van der Waals surface area contributed by atoms with Crippen molar-refractivity contribution >= 4 is 25.2 Å². The van der Waals surface area contributed by atoms with Crippen LogP contribution < -0.4 is 10.9 Å². The highest BCUT2D eigenvalue weighted by molar-refractivity contribution is 6.63. The molecular weight excluding hydrogens is 446 g/mol. The first kappa shape index (κ1) is 33.2. The van der Waals surface area contributed by atoms with Gasteiger partial charge in [-0.1, -0.05) is 142 Å². The Labute approximate surface area is 223 Å². The van der Waals surface area contributed by atoms with E-state index < -0.39 is 14.2 Å². The van der Waals surface area contributed by atoms with Gasteiger partial charge in [0.2, 0.25) is 0 Å². The summed E-state index contributed by atoms with van der Waals surface area (Å²) in [6.07, 6.45) is 26.6. The molecule has 0 atom stereocenters. The van der Waals surface area contributed by atoms with E-state index in [1.165, 1.54) is 103 Å². The fourth-order valence-electron chi connectivity index (χ4n) is 5.28. The van der Waals surface area contributed by atoms with E-state index >= 15 is 0 Å². The van der Waals surface area contributed by atoms with Gasteiger partial charge in [-0.3, -0.25) is 0 Å². The molecule has 4 nitrogen and oxygen atoms in total. The minimum atomic E-state index is -1.59. The first-order valence-corrected chi connectivity index (χ1v) is 15.4. The van der Waals surface area contributed by atoms with E-state index in [-0.39, 0.29) is 0 Å². The number of aryl methyl sites for hydroxylation is 1. The number of hydrogen-bond donors (Lipinski definition) is 4. The Hall–Kier alpha value is -0.810. The number of rotatable bonds is 24. The summed E-state index contributed by atoms with van der Waals surface area (Å²) in [6.45, 7) is 4.50. The third kappa shape index (κ3) is 15.4. The summed E-state index contributed by atoms with van der Waals surface area (Å²) in [5.74, 6) is 0. The largest absolute Gasteiger partial charge is 0.488 e. The molecule has 0 spiro atoms. The second-order valence-corrected chi connectivity index (χ2v) is 10.9. The number of benzene rings is 1. The average molecular weight is 502 g/mol. The molecule has 0 saturated heterocycles. The summed E-state index contributed by atoms with van der Waals surface area (Å²) in [5, 5.41) is 40.1.